The van der Waals surface area contributed by atoms with Crippen molar-refractivity contribution in [3.63, 3.8) is 0 Å². The van der Waals surface area contributed by atoms with Crippen molar-refractivity contribution in [2.75, 3.05) is 18.1 Å². The average molecular weight is 637 g/mol. The van der Waals surface area contributed by atoms with Gasteiger partial charge < -0.3 is 30.8 Å². The van der Waals surface area contributed by atoms with Crippen LogP contribution in [0.2, 0.25) is 0 Å². The second-order valence-electron chi connectivity index (χ2n) is 10.1. The highest BCUT2D eigenvalue weighted by Crippen LogP contribution is 2.33. The Bertz CT molecular complexity index is 1450. The number of carbonyl (C=O) groups is 2. The molecule has 45 heavy (non-hydrogen) atoms. The van der Waals surface area contributed by atoms with Gasteiger partial charge in [0.2, 0.25) is 0 Å². The lowest BCUT2D eigenvalue weighted by molar-refractivity contribution is -0.185. The number of ether oxygens (including phenoxy) is 3. The second-order valence-corrected chi connectivity index (χ2v) is 10.1. The first kappa shape index (κ1) is 34.7. The summed E-state index contributed by atoms with van der Waals surface area (Å²) >= 11 is 0. The van der Waals surface area contributed by atoms with E-state index in [2.05, 4.69) is 0 Å². The summed E-state index contributed by atoms with van der Waals surface area (Å²) < 4.78 is 81.7. The zero-order valence-electron chi connectivity index (χ0n) is 24.3. The first-order valence-corrected chi connectivity index (χ1v) is 13.9. The van der Waals surface area contributed by atoms with E-state index in [1.807, 2.05) is 0 Å². The molecule has 0 amide bonds. The summed E-state index contributed by atoms with van der Waals surface area (Å²) in [5, 5.41) is 9.14. The molecule has 0 aliphatic carbocycles. The number of esters is 1. The van der Waals surface area contributed by atoms with Gasteiger partial charge in [0, 0.05) is 35.9 Å². The Balaban J connectivity index is 1.52. The molecule has 1 atom stereocenters. The van der Waals surface area contributed by atoms with Gasteiger partial charge in [0.15, 0.2) is 0 Å². The van der Waals surface area contributed by atoms with Crippen LogP contribution in [0.5, 0.6) is 11.5 Å². The van der Waals surface area contributed by atoms with Crippen LogP contribution in [0.15, 0.2) is 66.7 Å². The van der Waals surface area contributed by atoms with Crippen LogP contribution < -0.4 is 20.9 Å². The summed E-state index contributed by atoms with van der Waals surface area (Å²) in [6, 6.07) is 12.9. The lowest BCUT2D eigenvalue weighted by Crippen LogP contribution is -2.21. The van der Waals surface area contributed by atoms with Crippen LogP contribution in [0.4, 0.5) is 33.3 Å². The number of alkyl halides is 5. The van der Waals surface area contributed by atoms with E-state index in [0.717, 1.165) is 12.1 Å². The minimum absolute atomic E-state index is 0.0227. The summed E-state index contributed by atoms with van der Waals surface area (Å²) in [5.41, 5.74) is 12.7. The zero-order chi connectivity index (χ0) is 33.2. The molecule has 1 unspecified atom stereocenters. The lowest BCUT2D eigenvalue weighted by Gasteiger charge is -2.19. The van der Waals surface area contributed by atoms with E-state index in [1.54, 1.807) is 6.92 Å². The number of aromatic carboxylic acids is 1. The SMILES string of the molecule is CCC(Cc1c(N)cc(C(=O)O)cc1N)OC(=O)C=Cc1ccc(OC(F)(F)c2ccc(OCCCCC(F)(F)F)cc2)cc1. The Morgan fingerprint density at radius 1 is 0.911 bits per heavy atom. The van der Waals surface area contributed by atoms with Gasteiger partial charge >= 0.3 is 24.2 Å². The summed E-state index contributed by atoms with van der Waals surface area (Å²) in [6.07, 6.45) is -6.13. The van der Waals surface area contributed by atoms with Crippen LogP contribution in [0.1, 0.15) is 59.7 Å². The molecular formula is C32H33F5N2O6. The zero-order valence-corrected chi connectivity index (χ0v) is 24.3. The molecule has 0 aliphatic heterocycles. The number of benzene rings is 3. The number of carboxylic acids is 1. The molecule has 0 aromatic heterocycles. The molecule has 0 bridgehead atoms. The fourth-order valence-electron chi connectivity index (χ4n) is 4.16. The van der Waals surface area contributed by atoms with Crippen LogP contribution in [-0.2, 0) is 22.1 Å². The molecule has 0 fully saturated rings. The Morgan fingerprint density at radius 3 is 2.07 bits per heavy atom. The normalized spacial score (nSPS) is 12.6. The van der Waals surface area contributed by atoms with E-state index in [-0.39, 0.29) is 54.3 Å². The van der Waals surface area contributed by atoms with Gasteiger partial charge in [-0.15, -0.1) is 0 Å². The number of carbonyl (C=O) groups excluding carboxylic acids is 1. The molecule has 0 saturated carbocycles. The number of anilines is 2. The summed E-state index contributed by atoms with van der Waals surface area (Å²) in [4.78, 5) is 23.6. The fraction of sp³-hybridized carbons (Fsp3) is 0.312. The van der Waals surface area contributed by atoms with Gasteiger partial charge in [-0.25, -0.2) is 9.59 Å². The number of nitrogen functional groups attached to an aromatic ring is 2. The molecule has 0 saturated heterocycles. The highest BCUT2D eigenvalue weighted by molar-refractivity contribution is 5.91. The van der Waals surface area contributed by atoms with Crippen molar-refractivity contribution >= 4 is 29.4 Å². The number of hydrogen-bond acceptors (Lipinski definition) is 7. The van der Waals surface area contributed by atoms with Crippen LogP contribution in [0, 0.1) is 0 Å². The maximum absolute atomic E-state index is 14.7. The number of hydrogen-bond donors (Lipinski definition) is 3. The first-order chi connectivity index (χ1) is 21.2. The summed E-state index contributed by atoms with van der Waals surface area (Å²) in [7, 11) is 0. The van der Waals surface area contributed by atoms with Gasteiger partial charge in [0.25, 0.3) is 0 Å². The van der Waals surface area contributed by atoms with Crippen molar-refractivity contribution in [2.24, 2.45) is 0 Å². The second kappa shape index (κ2) is 15.3. The Kier molecular flexibility index (Phi) is 11.8. The Morgan fingerprint density at radius 2 is 1.51 bits per heavy atom. The standard InChI is InChI=1S/C32H33F5N2O6/c1-2-23(19-26-27(38)17-21(30(41)42)18-28(26)39)44-29(40)14-7-20-5-10-25(11-6-20)45-32(36,37)22-8-12-24(13-9-22)43-16-4-3-15-31(33,34)35/h5-14,17-18,23H,2-4,15-16,19,38-39H2,1H3,(H,41,42). The van der Waals surface area contributed by atoms with E-state index in [4.69, 9.17) is 30.8 Å². The third-order valence-corrected chi connectivity index (χ3v) is 6.59. The van der Waals surface area contributed by atoms with E-state index in [9.17, 15) is 31.5 Å². The number of halogens is 5. The topological polar surface area (TPSA) is 134 Å². The smallest absolute Gasteiger partial charge is 0.426 e. The maximum atomic E-state index is 14.7. The monoisotopic (exact) mass is 636 g/mol. The number of carboxylic acid groups (broad SMARTS) is 1. The van der Waals surface area contributed by atoms with Crippen LogP contribution in [-0.4, -0.2) is 35.9 Å². The average Bonchev–Trinajstić information content (AvgIpc) is 2.97. The molecule has 0 aliphatic rings. The Hall–Kier alpha value is -4.81. The highest BCUT2D eigenvalue weighted by atomic mass is 19.4. The molecule has 3 rings (SSSR count). The van der Waals surface area contributed by atoms with Gasteiger partial charge in [-0.1, -0.05) is 19.1 Å². The minimum Gasteiger partial charge on any atom is -0.494 e. The van der Waals surface area contributed by atoms with Crippen molar-refractivity contribution in [1.29, 1.82) is 0 Å². The third-order valence-electron chi connectivity index (χ3n) is 6.59. The van der Waals surface area contributed by atoms with Gasteiger partial charge in [-0.3, -0.25) is 0 Å². The van der Waals surface area contributed by atoms with Crippen LogP contribution in [0.3, 0.4) is 0 Å². The molecule has 13 heteroatoms. The minimum atomic E-state index is -4.23. The summed E-state index contributed by atoms with van der Waals surface area (Å²) in [6.45, 7) is 1.82. The van der Waals surface area contributed by atoms with Gasteiger partial charge in [0.05, 0.1) is 17.7 Å². The van der Waals surface area contributed by atoms with Crippen molar-refractivity contribution in [3.05, 3.63) is 89.0 Å². The number of unbranched alkanes of at least 4 members (excludes halogenated alkanes) is 1. The number of nitrogens with two attached hydrogens (primary N) is 2. The summed E-state index contributed by atoms with van der Waals surface area (Å²) in [5.74, 6) is -1.74. The Labute approximate surface area is 256 Å². The molecular weight excluding hydrogens is 603 g/mol. The van der Waals surface area contributed by atoms with Crippen molar-refractivity contribution in [2.45, 2.75) is 57.4 Å². The maximum Gasteiger partial charge on any atom is 0.426 e. The largest absolute Gasteiger partial charge is 0.494 e. The lowest BCUT2D eigenvalue weighted by atomic mass is 10.00. The van der Waals surface area contributed by atoms with E-state index < -0.39 is 42.3 Å². The predicted octanol–water partition coefficient (Wildman–Crippen LogP) is 7.37. The first-order valence-electron chi connectivity index (χ1n) is 13.9. The molecule has 5 N–H and O–H groups in total. The van der Waals surface area contributed by atoms with E-state index >= 15 is 0 Å². The number of rotatable bonds is 15. The molecule has 0 heterocycles. The fourth-order valence-corrected chi connectivity index (χ4v) is 4.16. The van der Waals surface area contributed by atoms with Gasteiger partial charge in [-0.05, 0) is 79.4 Å². The quantitative estimate of drug-likeness (QED) is 0.0518. The van der Waals surface area contributed by atoms with E-state index in [1.165, 1.54) is 60.7 Å². The van der Waals surface area contributed by atoms with Crippen molar-refractivity contribution in [1.82, 2.24) is 0 Å². The predicted molar refractivity (Wildman–Crippen MR) is 158 cm³/mol. The molecule has 3 aromatic rings. The third kappa shape index (κ3) is 11.0. The molecule has 0 radical (unpaired) electrons. The molecule has 242 valence electrons. The van der Waals surface area contributed by atoms with Crippen molar-refractivity contribution < 1.29 is 50.9 Å². The van der Waals surface area contributed by atoms with E-state index in [0.29, 0.717) is 17.5 Å². The van der Waals surface area contributed by atoms with Crippen molar-refractivity contribution in [3.8, 4) is 11.5 Å². The molecule has 8 nitrogen and oxygen atoms in total. The highest BCUT2D eigenvalue weighted by Gasteiger charge is 2.34. The molecule has 3 aromatic carbocycles. The molecule has 0 spiro atoms. The van der Waals surface area contributed by atoms with Gasteiger partial charge in [0.1, 0.15) is 17.6 Å². The van der Waals surface area contributed by atoms with Gasteiger partial charge in [-0.2, -0.15) is 22.0 Å². The van der Waals surface area contributed by atoms with Crippen LogP contribution in [0.25, 0.3) is 6.08 Å². The van der Waals surface area contributed by atoms with Crippen LogP contribution >= 0.6 is 0 Å².